The molecule has 144 valence electrons. The molecular formula is C19H24ClN5OS. The van der Waals surface area contributed by atoms with Gasteiger partial charge < -0.3 is 20.3 Å². The maximum atomic E-state index is 6.21. The predicted octanol–water partition coefficient (Wildman–Crippen LogP) is 4.00. The number of benzene rings is 1. The Morgan fingerprint density at radius 2 is 2.07 bits per heavy atom. The van der Waals surface area contributed by atoms with Crippen LogP contribution in [0.15, 0.2) is 30.3 Å². The monoisotopic (exact) mass is 405 g/mol. The van der Waals surface area contributed by atoms with Crippen LogP contribution in [0, 0.1) is 0 Å². The van der Waals surface area contributed by atoms with Gasteiger partial charge in [-0.1, -0.05) is 23.7 Å². The molecule has 2 aromatic rings. The Morgan fingerprint density at radius 1 is 1.30 bits per heavy atom. The van der Waals surface area contributed by atoms with Gasteiger partial charge in [0, 0.05) is 25.2 Å². The Labute approximate surface area is 170 Å². The van der Waals surface area contributed by atoms with Gasteiger partial charge in [0.1, 0.15) is 16.7 Å². The zero-order valence-electron chi connectivity index (χ0n) is 15.5. The SMILES string of the molecule is COc1ccc(CNC(=S)Nc2nc(Cl)cc(N3CCCC[C@H]3C)n2)cc1. The van der Waals surface area contributed by atoms with Gasteiger partial charge in [-0.05, 0) is 56.1 Å². The fraction of sp³-hybridized carbons (Fsp3) is 0.421. The number of hydrogen-bond acceptors (Lipinski definition) is 5. The number of piperidine rings is 1. The third kappa shape index (κ3) is 5.43. The molecule has 1 atom stereocenters. The van der Waals surface area contributed by atoms with Crippen LogP contribution >= 0.6 is 23.8 Å². The van der Waals surface area contributed by atoms with E-state index < -0.39 is 0 Å². The number of nitrogens with zero attached hydrogens (tertiary/aromatic N) is 3. The van der Waals surface area contributed by atoms with Crippen LogP contribution in [0.4, 0.5) is 11.8 Å². The van der Waals surface area contributed by atoms with Gasteiger partial charge in [0.15, 0.2) is 5.11 Å². The van der Waals surface area contributed by atoms with Crippen molar-refractivity contribution in [1.82, 2.24) is 15.3 Å². The van der Waals surface area contributed by atoms with Gasteiger partial charge in [0.25, 0.3) is 0 Å². The van der Waals surface area contributed by atoms with E-state index in [1.807, 2.05) is 30.3 Å². The van der Waals surface area contributed by atoms with Gasteiger partial charge in [-0.15, -0.1) is 0 Å². The highest BCUT2D eigenvalue weighted by Gasteiger charge is 2.21. The summed E-state index contributed by atoms with van der Waals surface area (Å²) in [5.41, 5.74) is 1.09. The maximum Gasteiger partial charge on any atom is 0.232 e. The van der Waals surface area contributed by atoms with E-state index in [0.717, 1.165) is 36.5 Å². The molecule has 2 heterocycles. The van der Waals surface area contributed by atoms with Crippen molar-refractivity contribution >= 4 is 40.7 Å². The molecule has 0 spiro atoms. The number of thiocarbonyl (C=S) groups is 1. The third-order valence-electron chi connectivity index (χ3n) is 4.62. The van der Waals surface area contributed by atoms with Gasteiger partial charge in [0.2, 0.25) is 5.95 Å². The predicted molar refractivity (Wildman–Crippen MR) is 114 cm³/mol. The Balaban J connectivity index is 1.61. The molecule has 2 N–H and O–H groups in total. The van der Waals surface area contributed by atoms with E-state index >= 15 is 0 Å². The fourth-order valence-corrected chi connectivity index (χ4v) is 3.46. The normalized spacial score (nSPS) is 16.7. The number of anilines is 2. The number of hydrogen-bond donors (Lipinski definition) is 2. The summed E-state index contributed by atoms with van der Waals surface area (Å²) in [5.74, 6) is 2.07. The van der Waals surface area contributed by atoms with Crippen molar-refractivity contribution in [2.75, 3.05) is 23.9 Å². The van der Waals surface area contributed by atoms with Gasteiger partial charge >= 0.3 is 0 Å². The van der Waals surface area contributed by atoms with Crippen molar-refractivity contribution in [2.45, 2.75) is 38.8 Å². The highest BCUT2D eigenvalue weighted by molar-refractivity contribution is 7.80. The van der Waals surface area contributed by atoms with E-state index in [0.29, 0.717) is 28.8 Å². The molecule has 1 aromatic heterocycles. The smallest absolute Gasteiger partial charge is 0.232 e. The molecular weight excluding hydrogens is 382 g/mol. The lowest BCUT2D eigenvalue weighted by Crippen LogP contribution is -2.38. The van der Waals surface area contributed by atoms with E-state index in [4.69, 9.17) is 28.6 Å². The Morgan fingerprint density at radius 3 is 2.78 bits per heavy atom. The van der Waals surface area contributed by atoms with Crippen LogP contribution in [0.3, 0.4) is 0 Å². The van der Waals surface area contributed by atoms with E-state index in [1.54, 1.807) is 7.11 Å². The Kier molecular flexibility index (Phi) is 6.68. The van der Waals surface area contributed by atoms with Gasteiger partial charge in [0.05, 0.1) is 7.11 Å². The van der Waals surface area contributed by atoms with Crippen molar-refractivity contribution in [2.24, 2.45) is 0 Å². The molecule has 0 amide bonds. The lowest BCUT2D eigenvalue weighted by atomic mass is 10.0. The molecule has 0 saturated carbocycles. The summed E-state index contributed by atoms with van der Waals surface area (Å²) in [6, 6.07) is 10.1. The first-order chi connectivity index (χ1) is 13.0. The van der Waals surface area contributed by atoms with Crippen LogP contribution in [0.2, 0.25) is 5.15 Å². The zero-order valence-corrected chi connectivity index (χ0v) is 17.1. The molecule has 6 nitrogen and oxygen atoms in total. The Hall–Kier alpha value is -2.12. The van der Waals surface area contributed by atoms with E-state index in [2.05, 4.69) is 32.4 Å². The quantitative estimate of drug-likeness (QED) is 0.575. The van der Waals surface area contributed by atoms with Crippen LogP contribution in [0.25, 0.3) is 0 Å². The number of aromatic nitrogens is 2. The zero-order chi connectivity index (χ0) is 19.2. The lowest BCUT2D eigenvalue weighted by Gasteiger charge is -2.34. The molecule has 0 aliphatic carbocycles. The van der Waals surface area contributed by atoms with Gasteiger partial charge in [-0.25, -0.2) is 4.98 Å². The first kappa shape index (κ1) is 19.6. The van der Waals surface area contributed by atoms with Crippen LogP contribution in [0.5, 0.6) is 5.75 Å². The maximum absolute atomic E-state index is 6.21. The van der Waals surface area contributed by atoms with E-state index in [9.17, 15) is 0 Å². The molecule has 0 unspecified atom stereocenters. The first-order valence-corrected chi connectivity index (χ1v) is 9.83. The van der Waals surface area contributed by atoms with Crippen molar-refractivity contribution in [3.05, 3.63) is 41.0 Å². The minimum Gasteiger partial charge on any atom is -0.497 e. The number of ether oxygens (including phenoxy) is 1. The van der Waals surface area contributed by atoms with Crippen LogP contribution in [-0.2, 0) is 6.54 Å². The largest absolute Gasteiger partial charge is 0.497 e. The third-order valence-corrected chi connectivity index (χ3v) is 5.06. The molecule has 1 fully saturated rings. The molecule has 0 radical (unpaired) electrons. The molecule has 3 rings (SSSR count). The molecule has 8 heteroatoms. The van der Waals surface area contributed by atoms with Gasteiger partial charge in [-0.3, -0.25) is 0 Å². The second kappa shape index (κ2) is 9.19. The number of nitrogens with one attached hydrogen (secondary N) is 2. The summed E-state index contributed by atoms with van der Waals surface area (Å²) in [6.45, 7) is 3.78. The topological polar surface area (TPSA) is 62.3 Å². The highest BCUT2D eigenvalue weighted by atomic mass is 35.5. The van der Waals surface area contributed by atoms with Crippen LogP contribution in [0.1, 0.15) is 31.7 Å². The highest BCUT2D eigenvalue weighted by Crippen LogP contribution is 2.25. The average molecular weight is 406 g/mol. The molecule has 1 aliphatic heterocycles. The Bertz CT molecular complexity index is 786. The summed E-state index contributed by atoms with van der Waals surface area (Å²) in [6.07, 6.45) is 3.57. The first-order valence-electron chi connectivity index (χ1n) is 9.04. The van der Waals surface area contributed by atoms with Crippen LogP contribution in [-0.4, -0.2) is 34.8 Å². The summed E-state index contributed by atoms with van der Waals surface area (Å²) >= 11 is 11.6. The minimum atomic E-state index is 0.401. The van der Waals surface area contributed by atoms with Gasteiger partial charge in [-0.2, -0.15) is 4.98 Å². The van der Waals surface area contributed by atoms with Crippen LogP contribution < -0.4 is 20.3 Å². The molecule has 0 bridgehead atoms. The van der Waals surface area contributed by atoms with Crippen molar-refractivity contribution in [3.8, 4) is 5.75 Å². The van der Waals surface area contributed by atoms with Crippen molar-refractivity contribution < 1.29 is 4.74 Å². The number of halogens is 1. The lowest BCUT2D eigenvalue weighted by molar-refractivity contribution is 0.414. The second-order valence-corrected chi connectivity index (χ2v) is 7.36. The molecule has 1 saturated heterocycles. The van der Waals surface area contributed by atoms with Crippen molar-refractivity contribution in [3.63, 3.8) is 0 Å². The van der Waals surface area contributed by atoms with E-state index in [1.165, 1.54) is 6.42 Å². The summed E-state index contributed by atoms with van der Waals surface area (Å²) in [5, 5.41) is 7.04. The minimum absolute atomic E-state index is 0.401. The average Bonchev–Trinajstić information content (AvgIpc) is 2.66. The molecule has 1 aliphatic rings. The molecule has 1 aromatic carbocycles. The summed E-state index contributed by atoms with van der Waals surface area (Å²) in [4.78, 5) is 11.1. The number of rotatable bonds is 5. The fourth-order valence-electron chi connectivity index (χ4n) is 3.12. The standard InChI is InChI=1S/C19H24ClN5OS/c1-13-5-3-4-10-25(13)17-11-16(20)22-18(23-17)24-19(27)21-12-14-6-8-15(26-2)9-7-14/h6-9,11,13H,3-5,10,12H2,1-2H3,(H2,21,22,23,24,27)/t13-/m1/s1. The molecule has 27 heavy (non-hydrogen) atoms. The summed E-state index contributed by atoms with van der Waals surface area (Å²) < 4.78 is 5.16. The van der Waals surface area contributed by atoms with E-state index in [-0.39, 0.29) is 0 Å². The number of methoxy groups -OCH3 is 1. The van der Waals surface area contributed by atoms with Crippen molar-refractivity contribution in [1.29, 1.82) is 0 Å². The summed E-state index contributed by atoms with van der Waals surface area (Å²) in [7, 11) is 1.65. The second-order valence-electron chi connectivity index (χ2n) is 6.57.